The van der Waals surface area contributed by atoms with Gasteiger partial charge in [0.25, 0.3) is 0 Å². The second kappa shape index (κ2) is 7.63. The molecule has 0 spiro atoms. The summed E-state index contributed by atoms with van der Waals surface area (Å²) in [6, 6.07) is 6.86. The number of nitrogens with zero attached hydrogens (tertiary/aromatic N) is 4. The summed E-state index contributed by atoms with van der Waals surface area (Å²) in [6.45, 7) is 9.85. The van der Waals surface area contributed by atoms with E-state index in [2.05, 4.69) is 24.0 Å². The number of aryl methyl sites for hydroxylation is 2. The van der Waals surface area contributed by atoms with Crippen LogP contribution in [0.1, 0.15) is 53.1 Å². The highest BCUT2D eigenvalue weighted by Crippen LogP contribution is 2.42. The number of fused-ring (bicyclic) bond motifs is 3. The van der Waals surface area contributed by atoms with E-state index in [0.29, 0.717) is 10.8 Å². The fourth-order valence-electron chi connectivity index (χ4n) is 3.98. The Morgan fingerprint density at radius 3 is 2.43 bits per heavy atom. The first-order chi connectivity index (χ1) is 14.2. The Labute approximate surface area is 184 Å². The first-order valence-electron chi connectivity index (χ1n) is 9.79. The van der Waals surface area contributed by atoms with Crippen molar-refractivity contribution in [2.45, 2.75) is 40.7 Å². The number of benzene rings is 1. The van der Waals surface area contributed by atoms with Gasteiger partial charge in [-0.3, -0.25) is 14.4 Å². The minimum absolute atomic E-state index is 0.132. The summed E-state index contributed by atoms with van der Waals surface area (Å²) < 4.78 is 1.98. The van der Waals surface area contributed by atoms with Crippen molar-refractivity contribution in [1.82, 2.24) is 14.8 Å². The molecule has 1 aliphatic rings. The van der Waals surface area contributed by atoms with Crippen molar-refractivity contribution in [1.29, 1.82) is 0 Å². The molecular formula is C22H23ClN4O2S. The molecule has 2 aromatic heterocycles. The Bertz CT molecular complexity index is 1160. The van der Waals surface area contributed by atoms with Crippen molar-refractivity contribution in [3.8, 4) is 5.00 Å². The van der Waals surface area contributed by atoms with E-state index in [1.165, 1.54) is 4.88 Å². The SMILES string of the molecule is Cc1sc2c(c1C)C(c1ccc(Cl)cc1)=NC([C@H](C(=O)O)C(C)C)c1nnc(C)n1-2. The molecule has 0 aliphatic carbocycles. The van der Waals surface area contributed by atoms with Gasteiger partial charge in [0.1, 0.15) is 16.9 Å². The molecule has 4 rings (SSSR count). The number of carbonyl (C=O) groups is 1. The standard InChI is InChI=1S/C22H23ClN4O2S/c1-10(2)16(22(28)29)19-20-26-25-13(5)27(20)21-17(11(3)12(4)30-21)18(24-19)14-6-8-15(23)9-7-14/h6-10,16,19H,1-5H3,(H,28,29)/t16-,19?/m1/s1. The molecule has 8 heteroatoms. The molecule has 6 nitrogen and oxygen atoms in total. The second-order valence-electron chi connectivity index (χ2n) is 7.94. The molecule has 1 N–H and O–H groups in total. The zero-order chi connectivity index (χ0) is 21.7. The van der Waals surface area contributed by atoms with Crippen molar-refractivity contribution in [2.24, 2.45) is 16.8 Å². The lowest BCUT2D eigenvalue weighted by molar-refractivity contribution is -0.144. The number of rotatable bonds is 4. The first kappa shape index (κ1) is 20.8. The van der Waals surface area contributed by atoms with Crippen molar-refractivity contribution in [3.05, 3.63) is 62.5 Å². The Morgan fingerprint density at radius 1 is 1.17 bits per heavy atom. The topological polar surface area (TPSA) is 80.4 Å². The number of hydrogen-bond donors (Lipinski definition) is 1. The third kappa shape index (κ3) is 3.26. The smallest absolute Gasteiger partial charge is 0.309 e. The van der Waals surface area contributed by atoms with Gasteiger partial charge in [0.05, 0.1) is 11.6 Å². The number of hydrogen-bond acceptors (Lipinski definition) is 5. The molecule has 2 atom stereocenters. The quantitative estimate of drug-likeness (QED) is 0.605. The lowest BCUT2D eigenvalue weighted by atomic mass is 9.88. The largest absolute Gasteiger partial charge is 0.481 e. The van der Waals surface area contributed by atoms with Gasteiger partial charge < -0.3 is 5.11 Å². The molecule has 3 aromatic rings. The van der Waals surface area contributed by atoms with E-state index in [1.807, 2.05) is 49.6 Å². The second-order valence-corrected chi connectivity index (χ2v) is 9.58. The zero-order valence-electron chi connectivity index (χ0n) is 17.5. The maximum absolute atomic E-state index is 12.2. The Morgan fingerprint density at radius 2 is 1.83 bits per heavy atom. The summed E-state index contributed by atoms with van der Waals surface area (Å²) in [5, 5.41) is 20.3. The fourth-order valence-corrected chi connectivity index (χ4v) is 5.32. The summed E-state index contributed by atoms with van der Waals surface area (Å²) in [5.41, 5.74) is 3.79. The molecule has 0 saturated carbocycles. The van der Waals surface area contributed by atoms with Crippen LogP contribution in [0.25, 0.3) is 5.00 Å². The number of aliphatic imine (C=N–C) groups is 1. The third-order valence-corrected chi connectivity index (χ3v) is 7.09. The Kier molecular flexibility index (Phi) is 5.28. The van der Waals surface area contributed by atoms with Gasteiger partial charge in [-0.05, 0) is 44.4 Å². The predicted octanol–water partition coefficient (Wildman–Crippen LogP) is 5.16. The van der Waals surface area contributed by atoms with Crippen LogP contribution in [-0.2, 0) is 4.79 Å². The number of halogens is 1. The average molecular weight is 443 g/mol. The molecule has 1 aliphatic heterocycles. The monoisotopic (exact) mass is 442 g/mol. The van der Waals surface area contributed by atoms with E-state index >= 15 is 0 Å². The molecule has 156 valence electrons. The fraction of sp³-hybridized carbons (Fsp3) is 0.364. The molecule has 1 aromatic carbocycles. The maximum Gasteiger partial charge on any atom is 0.309 e. The Hall–Kier alpha value is -2.51. The van der Waals surface area contributed by atoms with E-state index in [9.17, 15) is 9.90 Å². The van der Waals surface area contributed by atoms with E-state index in [-0.39, 0.29) is 5.92 Å². The van der Waals surface area contributed by atoms with Crippen LogP contribution < -0.4 is 0 Å². The summed E-state index contributed by atoms with van der Waals surface area (Å²) >= 11 is 7.77. The molecule has 0 amide bonds. The van der Waals surface area contributed by atoms with Gasteiger partial charge in [-0.15, -0.1) is 21.5 Å². The van der Waals surface area contributed by atoms with Crippen molar-refractivity contribution in [2.75, 3.05) is 0 Å². The van der Waals surface area contributed by atoms with Crippen LogP contribution in [0.2, 0.25) is 5.02 Å². The molecule has 3 heterocycles. The highest BCUT2D eigenvalue weighted by Gasteiger charge is 2.39. The van der Waals surface area contributed by atoms with Crippen molar-refractivity contribution < 1.29 is 9.90 Å². The molecule has 1 unspecified atom stereocenters. The lowest BCUT2D eigenvalue weighted by Gasteiger charge is -2.23. The highest BCUT2D eigenvalue weighted by atomic mass is 35.5. The number of aliphatic carboxylic acids is 1. The molecule has 0 saturated heterocycles. The van der Waals surface area contributed by atoms with Crippen molar-refractivity contribution in [3.63, 3.8) is 0 Å². The van der Waals surface area contributed by atoms with Gasteiger partial charge in [-0.2, -0.15) is 0 Å². The van der Waals surface area contributed by atoms with E-state index in [1.54, 1.807) is 11.3 Å². The van der Waals surface area contributed by atoms with Crippen LogP contribution in [0.5, 0.6) is 0 Å². The normalized spacial score (nSPS) is 16.6. The maximum atomic E-state index is 12.2. The van der Waals surface area contributed by atoms with E-state index in [0.717, 1.165) is 33.2 Å². The van der Waals surface area contributed by atoms with E-state index < -0.39 is 17.9 Å². The minimum Gasteiger partial charge on any atom is -0.481 e. The van der Waals surface area contributed by atoms with Crippen molar-refractivity contribution >= 4 is 34.6 Å². The van der Waals surface area contributed by atoms with Gasteiger partial charge in [0, 0.05) is 21.0 Å². The van der Waals surface area contributed by atoms with Gasteiger partial charge in [0.2, 0.25) is 0 Å². The van der Waals surface area contributed by atoms with Gasteiger partial charge in [-0.1, -0.05) is 37.6 Å². The van der Waals surface area contributed by atoms with E-state index in [4.69, 9.17) is 16.6 Å². The molecule has 30 heavy (non-hydrogen) atoms. The molecule has 0 bridgehead atoms. The summed E-state index contributed by atoms with van der Waals surface area (Å²) in [6.07, 6.45) is 0. The molecular weight excluding hydrogens is 420 g/mol. The zero-order valence-corrected chi connectivity index (χ0v) is 19.0. The average Bonchev–Trinajstić information content (AvgIpc) is 3.14. The summed E-state index contributed by atoms with van der Waals surface area (Å²) in [4.78, 5) is 18.5. The Balaban J connectivity index is 2.08. The minimum atomic E-state index is -0.889. The third-order valence-electron chi connectivity index (χ3n) is 5.65. The van der Waals surface area contributed by atoms with Crippen LogP contribution in [0.15, 0.2) is 29.3 Å². The van der Waals surface area contributed by atoms with Crippen LogP contribution in [0, 0.1) is 32.6 Å². The van der Waals surface area contributed by atoms with Crippen LogP contribution in [-0.4, -0.2) is 31.6 Å². The first-order valence-corrected chi connectivity index (χ1v) is 11.0. The number of carboxylic acids is 1. The van der Waals surface area contributed by atoms with Crippen LogP contribution in [0.3, 0.4) is 0 Å². The molecule has 0 radical (unpaired) electrons. The van der Waals surface area contributed by atoms with Crippen LogP contribution >= 0.6 is 22.9 Å². The number of thiophene rings is 1. The summed E-state index contributed by atoms with van der Waals surface area (Å²) in [7, 11) is 0. The highest BCUT2D eigenvalue weighted by molar-refractivity contribution is 7.15. The number of aromatic nitrogens is 3. The van der Waals surface area contributed by atoms with Crippen LogP contribution in [0.4, 0.5) is 0 Å². The molecule has 0 fully saturated rings. The van der Waals surface area contributed by atoms with Gasteiger partial charge >= 0.3 is 5.97 Å². The predicted molar refractivity (Wildman–Crippen MR) is 119 cm³/mol. The lowest BCUT2D eigenvalue weighted by Crippen LogP contribution is -2.28. The summed E-state index contributed by atoms with van der Waals surface area (Å²) in [5.74, 6) is -0.463. The number of carboxylic acid groups (broad SMARTS) is 1. The van der Waals surface area contributed by atoms with Gasteiger partial charge in [-0.25, -0.2) is 0 Å². The van der Waals surface area contributed by atoms with Gasteiger partial charge in [0.15, 0.2) is 5.82 Å².